The van der Waals surface area contributed by atoms with Crippen molar-refractivity contribution in [2.24, 2.45) is 17.6 Å². The highest BCUT2D eigenvalue weighted by molar-refractivity contribution is 5.81. The van der Waals surface area contributed by atoms with Crippen LogP contribution < -0.4 is 5.73 Å². The number of carbonyl (C=O) groups excluding carboxylic acids is 1. The molecule has 3 unspecified atom stereocenters. The van der Waals surface area contributed by atoms with Crippen molar-refractivity contribution in [2.75, 3.05) is 27.3 Å². The van der Waals surface area contributed by atoms with Crippen LogP contribution in [0.3, 0.4) is 0 Å². The summed E-state index contributed by atoms with van der Waals surface area (Å²) in [6.45, 7) is 3.18. The summed E-state index contributed by atoms with van der Waals surface area (Å²) >= 11 is 0. The fourth-order valence-corrected chi connectivity index (χ4v) is 1.66. The number of rotatable bonds is 5. The lowest BCUT2D eigenvalue weighted by Crippen LogP contribution is -2.41. The van der Waals surface area contributed by atoms with Crippen molar-refractivity contribution >= 4 is 5.91 Å². The molecular weight excluding hydrogens is 180 g/mol. The van der Waals surface area contributed by atoms with Gasteiger partial charge in [-0.05, 0) is 12.3 Å². The van der Waals surface area contributed by atoms with Crippen LogP contribution in [0.25, 0.3) is 0 Å². The molecule has 1 aliphatic rings. The van der Waals surface area contributed by atoms with E-state index in [1.165, 1.54) is 0 Å². The second kappa shape index (κ2) is 4.75. The summed E-state index contributed by atoms with van der Waals surface area (Å²) < 4.78 is 4.92. The highest BCUT2D eigenvalue weighted by atomic mass is 16.5. The molecule has 0 radical (unpaired) electrons. The third-order valence-electron chi connectivity index (χ3n) is 2.69. The monoisotopic (exact) mass is 200 g/mol. The van der Waals surface area contributed by atoms with E-state index in [4.69, 9.17) is 10.5 Å². The first-order valence-corrected chi connectivity index (χ1v) is 5.05. The van der Waals surface area contributed by atoms with Crippen LogP contribution in [-0.4, -0.2) is 44.2 Å². The largest absolute Gasteiger partial charge is 0.383 e. The molecule has 2 N–H and O–H groups in total. The molecule has 0 aromatic carbocycles. The molecule has 1 saturated carbocycles. The van der Waals surface area contributed by atoms with Crippen molar-refractivity contribution in [1.82, 2.24) is 4.90 Å². The fourth-order valence-electron chi connectivity index (χ4n) is 1.66. The molecule has 1 amide bonds. The number of hydrogen-bond acceptors (Lipinski definition) is 3. The fraction of sp³-hybridized carbons (Fsp3) is 0.900. The minimum absolute atomic E-state index is 0.0805. The standard InChI is InChI=1S/C10H20N2O2/c1-7-4-9(7)10(13)12(2)5-8(11)6-14-3/h7-9H,4-6,11H2,1-3H3. The molecule has 0 aromatic rings. The van der Waals surface area contributed by atoms with Gasteiger partial charge in [-0.25, -0.2) is 0 Å². The molecule has 0 heterocycles. The average molecular weight is 200 g/mol. The Morgan fingerprint density at radius 3 is 2.71 bits per heavy atom. The van der Waals surface area contributed by atoms with Crippen molar-refractivity contribution in [2.45, 2.75) is 19.4 Å². The van der Waals surface area contributed by atoms with Gasteiger partial charge in [0, 0.05) is 32.7 Å². The maximum Gasteiger partial charge on any atom is 0.225 e. The van der Waals surface area contributed by atoms with Gasteiger partial charge < -0.3 is 15.4 Å². The summed E-state index contributed by atoms with van der Waals surface area (Å²) in [5.74, 6) is 1.03. The van der Waals surface area contributed by atoms with Gasteiger partial charge in [-0.1, -0.05) is 6.92 Å². The quantitative estimate of drug-likeness (QED) is 0.683. The predicted molar refractivity (Wildman–Crippen MR) is 54.8 cm³/mol. The van der Waals surface area contributed by atoms with Gasteiger partial charge in [0.25, 0.3) is 0 Å². The highest BCUT2D eigenvalue weighted by Crippen LogP contribution is 2.38. The number of likely N-dealkylation sites (N-methyl/N-ethyl adjacent to an activating group) is 1. The van der Waals surface area contributed by atoms with E-state index >= 15 is 0 Å². The molecule has 0 saturated heterocycles. The van der Waals surface area contributed by atoms with Gasteiger partial charge in [0.05, 0.1) is 6.61 Å². The van der Waals surface area contributed by atoms with E-state index in [2.05, 4.69) is 6.92 Å². The SMILES string of the molecule is COCC(N)CN(C)C(=O)C1CC1C. The lowest BCUT2D eigenvalue weighted by Gasteiger charge is -2.21. The van der Waals surface area contributed by atoms with Gasteiger partial charge in [-0.15, -0.1) is 0 Å². The van der Waals surface area contributed by atoms with Gasteiger partial charge in [0.15, 0.2) is 0 Å². The minimum Gasteiger partial charge on any atom is -0.383 e. The Morgan fingerprint density at radius 1 is 1.71 bits per heavy atom. The van der Waals surface area contributed by atoms with Crippen LogP contribution in [0.4, 0.5) is 0 Å². The number of amides is 1. The average Bonchev–Trinajstić information content (AvgIpc) is 2.81. The predicted octanol–water partition coefficient (Wildman–Crippen LogP) is 0.0745. The Kier molecular flexibility index (Phi) is 3.89. The normalized spacial score (nSPS) is 27.1. The van der Waals surface area contributed by atoms with Gasteiger partial charge >= 0.3 is 0 Å². The van der Waals surface area contributed by atoms with Crippen LogP contribution in [0.5, 0.6) is 0 Å². The zero-order valence-corrected chi connectivity index (χ0v) is 9.19. The van der Waals surface area contributed by atoms with Crippen molar-refractivity contribution < 1.29 is 9.53 Å². The van der Waals surface area contributed by atoms with Crippen molar-refractivity contribution in [1.29, 1.82) is 0 Å². The van der Waals surface area contributed by atoms with E-state index < -0.39 is 0 Å². The number of carbonyl (C=O) groups is 1. The highest BCUT2D eigenvalue weighted by Gasteiger charge is 2.40. The van der Waals surface area contributed by atoms with E-state index in [9.17, 15) is 4.79 Å². The molecule has 82 valence electrons. The first-order chi connectivity index (χ1) is 6.56. The van der Waals surface area contributed by atoms with Crippen molar-refractivity contribution in [3.8, 4) is 0 Å². The molecular formula is C10H20N2O2. The minimum atomic E-state index is -0.0805. The molecule has 1 aliphatic carbocycles. The molecule has 3 atom stereocenters. The molecule has 0 aliphatic heterocycles. The number of nitrogens with two attached hydrogens (primary N) is 1. The number of ether oxygens (including phenoxy) is 1. The topological polar surface area (TPSA) is 55.6 Å². The molecule has 0 aromatic heterocycles. The van der Waals surface area contributed by atoms with Crippen LogP contribution in [-0.2, 0) is 9.53 Å². The first kappa shape index (κ1) is 11.5. The molecule has 14 heavy (non-hydrogen) atoms. The maximum atomic E-state index is 11.7. The third kappa shape index (κ3) is 2.96. The Balaban J connectivity index is 2.26. The Hall–Kier alpha value is -0.610. The molecule has 0 spiro atoms. The molecule has 4 heteroatoms. The maximum absolute atomic E-state index is 11.7. The molecule has 1 fully saturated rings. The van der Waals surface area contributed by atoms with E-state index in [-0.39, 0.29) is 17.9 Å². The zero-order valence-electron chi connectivity index (χ0n) is 9.19. The smallest absolute Gasteiger partial charge is 0.225 e. The summed E-state index contributed by atoms with van der Waals surface area (Å²) in [4.78, 5) is 13.4. The summed E-state index contributed by atoms with van der Waals surface area (Å²) in [6.07, 6.45) is 1.03. The van der Waals surface area contributed by atoms with Gasteiger partial charge in [-0.2, -0.15) is 0 Å². The summed E-state index contributed by atoms with van der Waals surface area (Å²) in [7, 11) is 3.42. The second-order valence-electron chi connectivity index (χ2n) is 4.25. The zero-order chi connectivity index (χ0) is 10.7. The van der Waals surface area contributed by atoms with E-state index in [1.807, 2.05) is 7.05 Å². The number of hydrogen-bond donors (Lipinski definition) is 1. The number of nitrogens with zero attached hydrogens (tertiary/aromatic N) is 1. The Labute approximate surface area is 85.4 Å². The Bertz CT molecular complexity index is 208. The summed E-state index contributed by atoms with van der Waals surface area (Å²) in [6, 6.07) is -0.0805. The number of methoxy groups -OCH3 is 1. The van der Waals surface area contributed by atoms with Crippen LogP contribution >= 0.6 is 0 Å². The van der Waals surface area contributed by atoms with Crippen LogP contribution in [0.15, 0.2) is 0 Å². The lowest BCUT2D eigenvalue weighted by atomic mass is 10.2. The van der Waals surface area contributed by atoms with Crippen molar-refractivity contribution in [3.63, 3.8) is 0 Å². The van der Waals surface area contributed by atoms with Crippen molar-refractivity contribution in [3.05, 3.63) is 0 Å². The van der Waals surface area contributed by atoms with Gasteiger partial charge in [0.1, 0.15) is 0 Å². The third-order valence-corrected chi connectivity index (χ3v) is 2.69. The van der Waals surface area contributed by atoms with E-state index in [1.54, 1.807) is 12.0 Å². The van der Waals surface area contributed by atoms with E-state index in [0.717, 1.165) is 6.42 Å². The Morgan fingerprint density at radius 2 is 2.29 bits per heavy atom. The van der Waals surface area contributed by atoms with Crippen LogP contribution in [0.2, 0.25) is 0 Å². The molecule has 0 bridgehead atoms. The van der Waals surface area contributed by atoms with E-state index in [0.29, 0.717) is 19.1 Å². The molecule has 1 rings (SSSR count). The van der Waals surface area contributed by atoms with Gasteiger partial charge in [-0.3, -0.25) is 4.79 Å². The summed E-state index contributed by atoms with van der Waals surface area (Å²) in [5.41, 5.74) is 5.76. The lowest BCUT2D eigenvalue weighted by molar-refractivity contribution is -0.131. The van der Waals surface area contributed by atoms with Crippen LogP contribution in [0.1, 0.15) is 13.3 Å². The van der Waals surface area contributed by atoms with Gasteiger partial charge in [0.2, 0.25) is 5.91 Å². The van der Waals surface area contributed by atoms with Crippen LogP contribution in [0, 0.1) is 11.8 Å². The molecule has 4 nitrogen and oxygen atoms in total. The first-order valence-electron chi connectivity index (χ1n) is 5.05. The second-order valence-corrected chi connectivity index (χ2v) is 4.25. The summed E-state index contributed by atoms with van der Waals surface area (Å²) in [5, 5.41) is 0.